The number of hydrogen-bond donors (Lipinski definition) is 0. The van der Waals surface area contributed by atoms with Gasteiger partial charge < -0.3 is 9.64 Å². The van der Waals surface area contributed by atoms with E-state index in [0.29, 0.717) is 23.6 Å². The number of ether oxygens (including phenoxy) is 1. The van der Waals surface area contributed by atoms with E-state index >= 15 is 0 Å². The molecule has 0 saturated carbocycles. The normalized spacial score (nSPS) is 16.4. The summed E-state index contributed by atoms with van der Waals surface area (Å²) in [6.07, 6.45) is -3.12. The van der Waals surface area contributed by atoms with E-state index in [2.05, 4.69) is 4.99 Å². The zero-order chi connectivity index (χ0) is 24.5. The van der Waals surface area contributed by atoms with Crippen LogP contribution in [0.1, 0.15) is 23.6 Å². The topological polar surface area (TPSA) is 68.8 Å². The van der Waals surface area contributed by atoms with Crippen LogP contribution in [0.4, 0.5) is 18.9 Å². The summed E-state index contributed by atoms with van der Waals surface area (Å²) < 4.78 is 47.1. The van der Waals surface area contributed by atoms with Crippen LogP contribution in [0.25, 0.3) is 5.69 Å². The van der Waals surface area contributed by atoms with Crippen LogP contribution >= 0.6 is 0 Å². The lowest BCUT2D eigenvalue weighted by molar-refractivity contribution is -0.184. The van der Waals surface area contributed by atoms with Gasteiger partial charge in [0.1, 0.15) is 5.75 Å². The summed E-state index contributed by atoms with van der Waals surface area (Å²) in [4.78, 5) is 30.4. The van der Waals surface area contributed by atoms with Crippen LogP contribution < -0.4 is 10.3 Å². The van der Waals surface area contributed by atoms with E-state index in [-0.39, 0.29) is 18.8 Å². The van der Waals surface area contributed by atoms with Gasteiger partial charge in [-0.05, 0) is 48.4 Å². The quantitative estimate of drug-likeness (QED) is 0.531. The summed E-state index contributed by atoms with van der Waals surface area (Å²) in [6, 6.07) is 16.0. The van der Waals surface area contributed by atoms with Gasteiger partial charge >= 0.3 is 12.1 Å². The Labute approximate surface area is 193 Å². The largest absolute Gasteiger partial charge is 0.497 e. The van der Waals surface area contributed by atoms with Crippen molar-refractivity contribution in [3.05, 3.63) is 76.2 Å². The molecule has 2 heterocycles. The number of alkyl halides is 3. The molecule has 34 heavy (non-hydrogen) atoms. The van der Waals surface area contributed by atoms with E-state index in [1.807, 2.05) is 6.07 Å². The molecule has 2 aromatic carbocycles. The summed E-state index contributed by atoms with van der Waals surface area (Å²) in [5, 5.41) is 0. The molecule has 1 saturated heterocycles. The molecule has 0 aliphatic carbocycles. The van der Waals surface area contributed by atoms with Gasteiger partial charge in [-0.15, -0.1) is 0 Å². The number of likely N-dealkylation sites (tertiary alicyclic amines) is 1. The molecule has 178 valence electrons. The maximum absolute atomic E-state index is 13.4. The van der Waals surface area contributed by atoms with Crippen LogP contribution in [0.5, 0.6) is 5.75 Å². The van der Waals surface area contributed by atoms with E-state index in [1.165, 1.54) is 10.9 Å². The molecule has 7 nitrogen and oxygen atoms in total. The van der Waals surface area contributed by atoms with Gasteiger partial charge in [-0.1, -0.05) is 18.2 Å². The maximum Gasteiger partial charge on any atom is 0.471 e. The van der Waals surface area contributed by atoms with E-state index in [0.717, 1.165) is 10.5 Å². The fourth-order valence-electron chi connectivity index (χ4n) is 4.22. The fourth-order valence-corrected chi connectivity index (χ4v) is 4.22. The molecule has 0 bridgehead atoms. The highest BCUT2D eigenvalue weighted by atomic mass is 19.4. The number of para-hydroxylation sites is 1. The molecule has 0 radical (unpaired) electrons. The minimum atomic E-state index is -4.94. The second kappa shape index (κ2) is 9.20. The molecule has 1 aliphatic heterocycles. The zero-order valence-electron chi connectivity index (χ0n) is 18.6. The highest BCUT2D eigenvalue weighted by Crippen LogP contribution is 2.34. The van der Waals surface area contributed by atoms with Gasteiger partial charge in [0.25, 0.3) is 5.56 Å². The molecule has 1 atom stereocenters. The van der Waals surface area contributed by atoms with Crippen LogP contribution in [-0.4, -0.2) is 52.8 Å². The Kier molecular flexibility index (Phi) is 6.32. The van der Waals surface area contributed by atoms with Gasteiger partial charge in [0.15, 0.2) is 5.69 Å². The summed E-state index contributed by atoms with van der Waals surface area (Å²) in [5.74, 6) is -1.67. The second-order valence-corrected chi connectivity index (χ2v) is 7.98. The van der Waals surface area contributed by atoms with Crippen molar-refractivity contribution in [2.75, 3.05) is 20.2 Å². The predicted octanol–water partition coefficient (Wildman–Crippen LogP) is 3.81. The van der Waals surface area contributed by atoms with Crippen LogP contribution in [0.15, 0.2) is 64.4 Å². The number of aliphatic imine (C=N–C) groups is 1. The summed E-state index contributed by atoms with van der Waals surface area (Å²) >= 11 is 0. The standard InChI is InChI=1S/C24H23F3N4O3/c1-29-21(17-12-13-30(15-17)23(33)24(25,26)27)20(22(32)31(29)18-6-4-3-5-7-18)28-14-16-8-10-19(34-2)11-9-16/h3-11,14,17H,12-13,15H2,1-2H3/t17-/m0/s1. The van der Waals surface area contributed by atoms with E-state index in [1.54, 1.807) is 67.4 Å². The molecule has 1 aliphatic rings. The number of amides is 1. The van der Waals surface area contributed by atoms with Crippen molar-refractivity contribution in [2.24, 2.45) is 12.0 Å². The molecule has 1 aromatic heterocycles. The Balaban J connectivity index is 1.76. The Morgan fingerprint density at radius 2 is 1.79 bits per heavy atom. The average Bonchev–Trinajstić information content (AvgIpc) is 3.39. The lowest BCUT2D eigenvalue weighted by Gasteiger charge is -2.18. The van der Waals surface area contributed by atoms with Gasteiger partial charge in [0.05, 0.1) is 18.5 Å². The summed E-state index contributed by atoms with van der Waals surface area (Å²) in [5.41, 5.74) is 1.54. The first-order chi connectivity index (χ1) is 16.2. The number of nitrogens with zero attached hydrogens (tertiary/aromatic N) is 4. The zero-order valence-corrected chi connectivity index (χ0v) is 18.6. The van der Waals surface area contributed by atoms with Crippen molar-refractivity contribution >= 4 is 17.8 Å². The summed E-state index contributed by atoms with van der Waals surface area (Å²) in [6.45, 7) is -0.190. The molecule has 1 amide bonds. The third kappa shape index (κ3) is 4.48. The molecule has 3 aromatic rings. The molecule has 0 unspecified atom stereocenters. The smallest absolute Gasteiger partial charge is 0.471 e. The second-order valence-electron chi connectivity index (χ2n) is 7.98. The number of hydrogen-bond acceptors (Lipinski definition) is 4. The van der Waals surface area contributed by atoms with Crippen LogP contribution in [0.2, 0.25) is 0 Å². The molecular weight excluding hydrogens is 449 g/mol. The highest BCUT2D eigenvalue weighted by Gasteiger charge is 2.45. The Hall–Kier alpha value is -3.82. The molecule has 4 rings (SSSR count). The van der Waals surface area contributed by atoms with Gasteiger partial charge in [-0.2, -0.15) is 13.2 Å². The summed E-state index contributed by atoms with van der Waals surface area (Å²) in [7, 11) is 3.23. The third-order valence-electron chi connectivity index (χ3n) is 5.85. The van der Waals surface area contributed by atoms with Crippen molar-refractivity contribution in [1.82, 2.24) is 14.3 Å². The minimum absolute atomic E-state index is 0.0463. The maximum atomic E-state index is 13.4. The Bertz CT molecular complexity index is 1260. The molecule has 0 spiro atoms. The van der Waals surface area contributed by atoms with Crippen molar-refractivity contribution in [3.8, 4) is 11.4 Å². The van der Waals surface area contributed by atoms with Crippen LogP contribution in [0, 0.1) is 0 Å². The molecule has 0 N–H and O–H groups in total. The number of methoxy groups -OCH3 is 1. The van der Waals surface area contributed by atoms with Crippen LogP contribution in [0.3, 0.4) is 0 Å². The monoisotopic (exact) mass is 472 g/mol. The number of aromatic nitrogens is 2. The SMILES string of the molecule is COc1ccc(C=Nc2c([C@H]3CCN(C(=O)C(F)(F)F)C3)n(C)n(-c3ccccc3)c2=O)cc1. The predicted molar refractivity (Wildman–Crippen MR) is 121 cm³/mol. The lowest BCUT2D eigenvalue weighted by atomic mass is 10.0. The first-order valence-electron chi connectivity index (χ1n) is 10.6. The number of rotatable bonds is 5. The number of halogens is 3. The number of carbonyl (C=O) groups is 1. The van der Waals surface area contributed by atoms with Crippen molar-refractivity contribution < 1.29 is 22.7 Å². The van der Waals surface area contributed by atoms with Gasteiger partial charge in [-0.25, -0.2) is 9.67 Å². The third-order valence-corrected chi connectivity index (χ3v) is 5.85. The van der Waals surface area contributed by atoms with E-state index in [4.69, 9.17) is 4.74 Å². The molecule has 10 heteroatoms. The van der Waals surface area contributed by atoms with Crippen LogP contribution in [-0.2, 0) is 11.8 Å². The molecular formula is C24H23F3N4O3. The van der Waals surface area contributed by atoms with Gasteiger partial charge in [0, 0.05) is 32.3 Å². The molecule has 1 fully saturated rings. The highest BCUT2D eigenvalue weighted by molar-refractivity contribution is 5.83. The van der Waals surface area contributed by atoms with Crippen molar-refractivity contribution in [3.63, 3.8) is 0 Å². The first kappa shape index (κ1) is 23.3. The van der Waals surface area contributed by atoms with Gasteiger partial charge in [0.2, 0.25) is 0 Å². The number of benzene rings is 2. The first-order valence-corrected chi connectivity index (χ1v) is 10.6. The van der Waals surface area contributed by atoms with E-state index < -0.39 is 23.6 Å². The number of carbonyl (C=O) groups excluding carboxylic acids is 1. The van der Waals surface area contributed by atoms with Gasteiger partial charge in [-0.3, -0.25) is 14.3 Å². The van der Waals surface area contributed by atoms with Crippen molar-refractivity contribution in [2.45, 2.75) is 18.5 Å². The Morgan fingerprint density at radius 3 is 2.41 bits per heavy atom. The lowest BCUT2D eigenvalue weighted by Crippen LogP contribution is -2.39. The minimum Gasteiger partial charge on any atom is -0.497 e. The average molecular weight is 472 g/mol. The van der Waals surface area contributed by atoms with Crippen molar-refractivity contribution in [1.29, 1.82) is 0 Å². The van der Waals surface area contributed by atoms with E-state index in [9.17, 15) is 22.8 Å². The fraction of sp³-hybridized carbons (Fsp3) is 0.292. The Morgan fingerprint density at radius 1 is 1.12 bits per heavy atom.